The standard InChI is InChI=1S/C20H23N3O4/c1-13-5-4-6-16(14(13)2)22-19(25)9-10-20(26)23-21-12-15-7-8-17(24)18(11-15)27-3/h4-8,11-12,24H,9-10H2,1-3H3,(H,22,25)(H,23,26). The molecule has 2 aromatic rings. The molecule has 0 aromatic heterocycles. The molecule has 0 saturated carbocycles. The van der Waals surface area contributed by atoms with Crippen LogP contribution in [0.2, 0.25) is 0 Å². The van der Waals surface area contributed by atoms with Crippen LogP contribution in [0.4, 0.5) is 5.69 Å². The number of nitrogens with zero attached hydrogens (tertiary/aromatic N) is 1. The third-order valence-corrected chi connectivity index (χ3v) is 4.06. The van der Waals surface area contributed by atoms with Gasteiger partial charge in [-0.05, 0) is 54.8 Å². The minimum atomic E-state index is -0.367. The molecule has 2 rings (SSSR count). The molecule has 0 aliphatic rings. The average Bonchev–Trinajstić information content (AvgIpc) is 2.65. The first-order valence-corrected chi connectivity index (χ1v) is 8.45. The summed E-state index contributed by atoms with van der Waals surface area (Å²) in [5.41, 5.74) is 5.86. The molecule has 0 aliphatic heterocycles. The van der Waals surface area contributed by atoms with Gasteiger partial charge in [-0.3, -0.25) is 9.59 Å². The Balaban J connectivity index is 1.80. The first kappa shape index (κ1) is 20.0. The number of rotatable bonds is 7. The number of benzene rings is 2. The van der Waals surface area contributed by atoms with Crippen LogP contribution in [0, 0.1) is 13.8 Å². The Morgan fingerprint density at radius 3 is 2.63 bits per heavy atom. The van der Waals surface area contributed by atoms with Crippen LogP contribution >= 0.6 is 0 Å². The molecule has 7 nitrogen and oxygen atoms in total. The Morgan fingerprint density at radius 1 is 1.15 bits per heavy atom. The highest BCUT2D eigenvalue weighted by Crippen LogP contribution is 2.25. The summed E-state index contributed by atoms with van der Waals surface area (Å²) >= 11 is 0. The maximum absolute atomic E-state index is 12.0. The summed E-state index contributed by atoms with van der Waals surface area (Å²) < 4.78 is 5.00. The summed E-state index contributed by atoms with van der Waals surface area (Å²) in [6, 6.07) is 10.4. The van der Waals surface area contributed by atoms with Crippen molar-refractivity contribution < 1.29 is 19.4 Å². The minimum Gasteiger partial charge on any atom is -0.504 e. The smallest absolute Gasteiger partial charge is 0.240 e. The molecule has 0 saturated heterocycles. The summed E-state index contributed by atoms with van der Waals surface area (Å²) in [5, 5.41) is 16.2. The lowest BCUT2D eigenvalue weighted by Crippen LogP contribution is -2.21. The van der Waals surface area contributed by atoms with Crippen molar-refractivity contribution in [3.05, 3.63) is 53.1 Å². The van der Waals surface area contributed by atoms with Crippen LogP contribution in [-0.4, -0.2) is 30.2 Å². The Hall–Kier alpha value is -3.35. The lowest BCUT2D eigenvalue weighted by molar-refractivity contribution is -0.124. The Kier molecular flexibility index (Phi) is 6.93. The van der Waals surface area contributed by atoms with Crippen molar-refractivity contribution in [2.75, 3.05) is 12.4 Å². The number of aryl methyl sites for hydroxylation is 1. The normalized spacial score (nSPS) is 10.6. The van der Waals surface area contributed by atoms with E-state index in [1.54, 1.807) is 12.1 Å². The molecule has 0 heterocycles. The van der Waals surface area contributed by atoms with Gasteiger partial charge in [0.1, 0.15) is 0 Å². The largest absolute Gasteiger partial charge is 0.504 e. The third kappa shape index (κ3) is 5.85. The number of phenols is 1. The van der Waals surface area contributed by atoms with Crippen molar-refractivity contribution in [3.8, 4) is 11.5 Å². The second-order valence-electron chi connectivity index (χ2n) is 6.02. The molecule has 2 aromatic carbocycles. The number of carbonyl (C=O) groups excluding carboxylic acids is 2. The lowest BCUT2D eigenvalue weighted by atomic mass is 10.1. The highest BCUT2D eigenvalue weighted by Gasteiger charge is 2.09. The maximum atomic E-state index is 12.0. The van der Waals surface area contributed by atoms with Crippen molar-refractivity contribution in [3.63, 3.8) is 0 Å². The molecule has 0 bridgehead atoms. The number of hydrogen-bond donors (Lipinski definition) is 3. The van der Waals surface area contributed by atoms with E-state index in [-0.39, 0.29) is 30.4 Å². The Labute approximate surface area is 158 Å². The van der Waals surface area contributed by atoms with E-state index in [0.717, 1.165) is 16.8 Å². The molecule has 0 atom stereocenters. The van der Waals surface area contributed by atoms with Gasteiger partial charge in [0.05, 0.1) is 13.3 Å². The molecule has 0 radical (unpaired) electrons. The van der Waals surface area contributed by atoms with E-state index in [0.29, 0.717) is 11.3 Å². The number of ether oxygens (including phenoxy) is 1. The fourth-order valence-electron chi connectivity index (χ4n) is 2.34. The zero-order chi connectivity index (χ0) is 19.8. The summed E-state index contributed by atoms with van der Waals surface area (Å²) in [5.74, 6) is -0.263. The number of phenolic OH excluding ortho intramolecular Hbond substituents is 1. The monoisotopic (exact) mass is 369 g/mol. The molecular formula is C20H23N3O4. The molecule has 0 unspecified atom stereocenters. The fraction of sp³-hybridized carbons (Fsp3) is 0.250. The summed E-state index contributed by atoms with van der Waals surface area (Å²) in [7, 11) is 1.45. The van der Waals surface area contributed by atoms with E-state index in [1.165, 1.54) is 19.4 Å². The van der Waals surface area contributed by atoms with Gasteiger partial charge >= 0.3 is 0 Å². The first-order valence-electron chi connectivity index (χ1n) is 8.45. The lowest BCUT2D eigenvalue weighted by Gasteiger charge is -2.10. The van der Waals surface area contributed by atoms with Gasteiger partial charge in [-0.2, -0.15) is 5.10 Å². The molecule has 2 amide bonds. The van der Waals surface area contributed by atoms with Crippen LogP contribution in [0.3, 0.4) is 0 Å². The first-order chi connectivity index (χ1) is 12.9. The molecule has 142 valence electrons. The highest BCUT2D eigenvalue weighted by atomic mass is 16.5. The van der Waals surface area contributed by atoms with Crippen molar-refractivity contribution in [2.45, 2.75) is 26.7 Å². The van der Waals surface area contributed by atoms with Crippen molar-refractivity contribution in [2.24, 2.45) is 5.10 Å². The van der Waals surface area contributed by atoms with Gasteiger partial charge in [0, 0.05) is 18.5 Å². The van der Waals surface area contributed by atoms with Crippen LogP contribution in [0.25, 0.3) is 0 Å². The number of carbonyl (C=O) groups is 2. The van der Waals surface area contributed by atoms with Crippen LogP contribution in [0.1, 0.15) is 29.5 Å². The third-order valence-electron chi connectivity index (χ3n) is 4.06. The van der Waals surface area contributed by atoms with E-state index in [1.807, 2.05) is 32.0 Å². The van der Waals surface area contributed by atoms with Gasteiger partial charge in [-0.1, -0.05) is 12.1 Å². The van der Waals surface area contributed by atoms with Crippen molar-refractivity contribution in [1.29, 1.82) is 0 Å². The van der Waals surface area contributed by atoms with Gasteiger partial charge in [0.2, 0.25) is 11.8 Å². The van der Waals surface area contributed by atoms with Gasteiger partial charge in [-0.15, -0.1) is 0 Å². The topological polar surface area (TPSA) is 100 Å². The van der Waals surface area contributed by atoms with E-state index in [4.69, 9.17) is 4.74 Å². The average molecular weight is 369 g/mol. The molecule has 7 heteroatoms. The van der Waals surface area contributed by atoms with Gasteiger partial charge in [0.25, 0.3) is 0 Å². The number of amides is 2. The Bertz CT molecular complexity index is 862. The van der Waals surface area contributed by atoms with E-state index < -0.39 is 0 Å². The van der Waals surface area contributed by atoms with Gasteiger partial charge in [-0.25, -0.2) is 5.43 Å². The van der Waals surface area contributed by atoms with Crippen molar-refractivity contribution in [1.82, 2.24) is 5.43 Å². The zero-order valence-electron chi connectivity index (χ0n) is 15.6. The molecule has 3 N–H and O–H groups in total. The van der Waals surface area contributed by atoms with Crippen LogP contribution < -0.4 is 15.5 Å². The van der Waals surface area contributed by atoms with Crippen molar-refractivity contribution >= 4 is 23.7 Å². The quantitative estimate of drug-likeness (QED) is 0.516. The fourth-order valence-corrected chi connectivity index (χ4v) is 2.34. The van der Waals surface area contributed by atoms with Crippen LogP contribution in [0.5, 0.6) is 11.5 Å². The highest BCUT2D eigenvalue weighted by molar-refractivity contribution is 5.94. The molecule has 0 fully saturated rings. The number of anilines is 1. The predicted octanol–water partition coefficient (Wildman–Crippen LogP) is 2.89. The molecule has 27 heavy (non-hydrogen) atoms. The summed E-state index contributed by atoms with van der Waals surface area (Å²) in [6.07, 6.45) is 1.50. The number of nitrogens with one attached hydrogen (secondary N) is 2. The van der Waals surface area contributed by atoms with E-state index >= 15 is 0 Å². The number of hydrogen-bond acceptors (Lipinski definition) is 5. The molecule has 0 spiro atoms. The SMILES string of the molecule is COc1cc(C=NNC(=O)CCC(=O)Nc2cccc(C)c2C)ccc1O. The summed E-state index contributed by atoms with van der Waals surface area (Å²) in [4.78, 5) is 23.8. The predicted molar refractivity (Wildman–Crippen MR) is 104 cm³/mol. The van der Waals surface area contributed by atoms with Gasteiger partial charge < -0.3 is 15.2 Å². The minimum absolute atomic E-state index is 0.0208. The summed E-state index contributed by atoms with van der Waals surface area (Å²) in [6.45, 7) is 3.91. The van der Waals surface area contributed by atoms with Gasteiger partial charge in [0.15, 0.2) is 11.5 Å². The molecule has 0 aliphatic carbocycles. The number of hydrazone groups is 1. The number of methoxy groups -OCH3 is 1. The number of aromatic hydroxyl groups is 1. The second kappa shape index (κ2) is 9.38. The maximum Gasteiger partial charge on any atom is 0.240 e. The van der Waals surface area contributed by atoms with Crippen LogP contribution in [0.15, 0.2) is 41.5 Å². The molecular weight excluding hydrogens is 346 g/mol. The zero-order valence-corrected chi connectivity index (χ0v) is 15.6. The Morgan fingerprint density at radius 2 is 1.89 bits per heavy atom. The second-order valence-corrected chi connectivity index (χ2v) is 6.02. The van der Waals surface area contributed by atoms with E-state index in [2.05, 4.69) is 15.8 Å². The van der Waals surface area contributed by atoms with E-state index in [9.17, 15) is 14.7 Å². The van der Waals surface area contributed by atoms with Crippen LogP contribution in [-0.2, 0) is 9.59 Å².